The third-order valence-electron chi connectivity index (χ3n) is 11.6. The van der Waals surface area contributed by atoms with Gasteiger partial charge in [-0.2, -0.15) is 0 Å². The van der Waals surface area contributed by atoms with Crippen LogP contribution in [0.4, 0.5) is 0 Å². The van der Waals surface area contributed by atoms with Crippen LogP contribution in [0, 0.1) is 5.41 Å². The van der Waals surface area contributed by atoms with Crippen molar-refractivity contribution in [2.45, 2.75) is 256 Å². The molecule has 1 saturated heterocycles. The lowest BCUT2D eigenvalue weighted by atomic mass is 9.97. The molecular formula is C43H88Cl2N2. The normalized spacial score (nSPS) is 25.9. The van der Waals surface area contributed by atoms with E-state index < -0.39 is 0 Å². The third-order valence-corrected chi connectivity index (χ3v) is 11.6. The highest BCUT2D eigenvalue weighted by Crippen LogP contribution is 2.49. The van der Waals surface area contributed by atoms with Crippen LogP contribution < -0.4 is 11.1 Å². The van der Waals surface area contributed by atoms with Crippen molar-refractivity contribution < 1.29 is 0 Å². The van der Waals surface area contributed by atoms with Crippen LogP contribution in [0.15, 0.2) is 0 Å². The van der Waals surface area contributed by atoms with Crippen molar-refractivity contribution in [3.8, 4) is 0 Å². The topological polar surface area (TPSA) is 38.0 Å². The van der Waals surface area contributed by atoms with Gasteiger partial charge in [-0.15, -0.1) is 24.8 Å². The summed E-state index contributed by atoms with van der Waals surface area (Å²) < 4.78 is 0. The van der Waals surface area contributed by atoms with Crippen LogP contribution in [0.3, 0.4) is 0 Å². The molecule has 284 valence electrons. The Labute approximate surface area is 309 Å². The summed E-state index contributed by atoms with van der Waals surface area (Å²) in [6.45, 7) is 2.25. The third kappa shape index (κ3) is 32.2. The summed E-state index contributed by atoms with van der Waals surface area (Å²) in [5.41, 5.74) is 7.11. The first-order valence-corrected chi connectivity index (χ1v) is 21.8. The zero-order chi connectivity index (χ0) is 31.8. The van der Waals surface area contributed by atoms with Gasteiger partial charge >= 0.3 is 0 Å². The maximum Gasteiger partial charge on any atom is 0.0165 e. The zero-order valence-corrected chi connectivity index (χ0v) is 33.6. The summed E-state index contributed by atoms with van der Waals surface area (Å²) in [5, 5.41) is 3.78. The lowest BCUT2D eigenvalue weighted by molar-refractivity contribution is 0.390. The van der Waals surface area contributed by atoms with E-state index in [0.717, 1.165) is 6.54 Å². The summed E-state index contributed by atoms with van der Waals surface area (Å²) in [6, 6.07) is 0.356. The van der Waals surface area contributed by atoms with Crippen LogP contribution in [0.5, 0.6) is 0 Å². The molecule has 1 heterocycles. The van der Waals surface area contributed by atoms with Crippen molar-refractivity contribution in [1.82, 2.24) is 5.32 Å². The lowest BCUT2D eigenvalue weighted by Gasteiger charge is -2.18. The SMILES string of the molecule is Cl.Cl.N[C@H]1CCCCCCCCCCCCCCCCCCCCCCCCCCCCCCCCCCCCCC2(CC2)CNC1. The summed E-state index contributed by atoms with van der Waals surface area (Å²) in [7, 11) is 0. The number of halogens is 2. The van der Waals surface area contributed by atoms with Crippen molar-refractivity contribution in [2.75, 3.05) is 13.1 Å². The molecule has 1 aliphatic heterocycles. The second-order valence-electron chi connectivity index (χ2n) is 16.3. The largest absolute Gasteiger partial charge is 0.327 e. The van der Waals surface area contributed by atoms with Gasteiger partial charge < -0.3 is 11.1 Å². The monoisotopic (exact) mass is 703 g/mol. The highest BCUT2D eigenvalue weighted by molar-refractivity contribution is 5.85. The Morgan fingerprint density at radius 2 is 0.553 bits per heavy atom. The highest BCUT2D eigenvalue weighted by atomic mass is 35.5. The smallest absolute Gasteiger partial charge is 0.0165 e. The number of nitrogens with two attached hydrogens (primary N) is 1. The summed E-state index contributed by atoms with van der Waals surface area (Å²) >= 11 is 0. The molecule has 1 aliphatic carbocycles. The quantitative estimate of drug-likeness (QED) is 0.264. The van der Waals surface area contributed by atoms with Crippen LogP contribution in [0.25, 0.3) is 0 Å². The van der Waals surface area contributed by atoms with Gasteiger partial charge in [0, 0.05) is 19.1 Å². The summed E-state index contributed by atoms with van der Waals surface area (Å²) in [4.78, 5) is 0. The predicted octanol–water partition coefficient (Wildman–Crippen LogP) is 15.0. The standard InChI is InChI=1S/C43H86N2.2ClH/c44-42-36-34-32-30-28-26-24-22-20-18-16-14-12-10-8-6-4-2-1-3-5-7-9-11-13-15-17-19-21-23-25-27-29-31-33-35-37-43(38-39-43)41-45-40-42;;/h42,45H,1-41,44H2;2*1H/t42-;;/m0../s1. The van der Waals surface area contributed by atoms with Crippen LogP contribution in [-0.2, 0) is 0 Å². The van der Waals surface area contributed by atoms with Crippen molar-refractivity contribution in [3.63, 3.8) is 0 Å². The van der Waals surface area contributed by atoms with Crippen LogP contribution >= 0.6 is 24.8 Å². The molecule has 1 saturated carbocycles. The Bertz CT molecular complexity index is 596. The first-order valence-electron chi connectivity index (χ1n) is 21.8. The summed E-state index contributed by atoms with van der Waals surface area (Å²) in [5.74, 6) is 0. The van der Waals surface area contributed by atoms with Crippen molar-refractivity contribution in [2.24, 2.45) is 11.1 Å². The minimum Gasteiger partial charge on any atom is -0.327 e. The van der Waals surface area contributed by atoms with E-state index in [0.29, 0.717) is 11.5 Å². The van der Waals surface area contributed by atoms with Crippen LogP contribution in [0.1, 0.15) is 250 Å². The van der Waals surface area contributed by atoms with Gasteiger partial charge in [-0.25, -0.2) is 0 Å². The van der Waals surface area contributed by atoms with E-state index >= 15 is 0 Å². The Morgan fingerprint density at radius 1 is 0.319 bits per heavy atom. The molecule has 2 nitrogen and oxygen atoms in total. The Balaban J connectivity index is 0.0000106. The molecule has 0 amide bonds. The predicted molar refractivity (Wildman–Crippen MR) is 218 cm³/mol. The first kappa shape index (κ1) is 47.5. The molecule has 0 aromatic rings. The molecule has 3 N–H and O–H groups in total. The molecule has 1 atom stereocenters. The van der Waals surface area contributed by atoms with Gasteiger partial charge in [-0.1, -0.05) is 225 Å². The average Bonchev–Trinajstić information content (AvgIpc) is 3.81. The molecule has 0 unspecified atom stereocenters. The van der Waals surface area contributed by atoms with E-state index in [1.807, 2.05) is 0 Å². The number of rotatable bonds is 0. The lowest BCUT2D eigenvalue weighted by Crippen LogP contribution is -2.36. The van der Waals surface area contributed by atoms with E-state index in [1.165, 1.54) is 257 Å². The Hall–Kier alpha value is 0.500. The van der Waals surface area contributed by atoms with Gasteiger partial charge in [-0.05, 0) is 31.1 Å². The minimum absolute atomic E-state index is 0. The number of hydrogen-bond donors (Lipinski definition) is 2. The van der Waals surface area contributed by atoms with Crippen LogP contribution in [0.2, 0.25) is 0 Å². The van der Waals surface area contributed by atoms with Gasteiger partial charge in [0.25, 0.3) is 0 Å². The molecule has 0 bridgehead atoms. The first-order chi connectivity index (χ1) is 22.3. The molecule has 1 spiro atoms. The number of hydrogen-bond acceptors (Lipinski definition) is 2. The van der Waals surface area contributed by atoms with Gasteiger partial charge in [0.05, 0.1) is 0 Å². The molecule has 0 aromatic carbocycles. The number of nitrogens with one attached hydrogen (secondary N) is 1. The van der Waals surface area contributed by atoms with E-state index in [-0.39, 0.29) is 24.8 Å². The molecule has 4 heteroatoms. The maximum absolute atomic E-state index is 6.47. The fourth-order valence-electron chi connectivity index (χ4n) is 8.06. The second kappa shape index (κ2) is 36.3. The van der Waals surface area contributed by atoms with Gasteiger partial charge in [0.2, 0.25) is 0 Å². The van der Waals surface area contributed by atoms with E-state index in [1.54, 1.807) is 0 Å². The molecular weight excluding hydrogens is 615 g/mol. The van der Waals surface area contributed by atoms with E-state index in [9.17, 15) is 0 Å². The Kier molecular flexibility index (Phi) is 36.7. The zero-order valence-electron chi connectivity index (χ0n) is 32.0. The molecule has 47 heavy (non-hydrogen) atoms. The van der Waals surface area contributed by atoms with Crippen molar-refractivity contribution in [3.05, 3.63) is 0 Å². The fraction of sp³-hybridized carbons (Fsp3) is 1.00. The van der Waals surface area contributed by atoms with Gasteiger partial charge in [0.15, 0.2) is 0 Å². The fourth-order valence-corrected chi connectivity index (χ4v) is 8.06. The van der Waals surface area contributed by atoms with E-state index in [2.05, 4.69) is 5.32 Å². The van der Waals surface area contributed by atoms with Crippen molar-refractivity contribution >= 4 is 24.8 Å². The molecule has 2 rings (SSSR count). The Morgan fingerprint density at radius 3 is 0.809 bits per heavy atom. The van der Waals surface area contributed by atoms with Gasteiger partial charge in [-0.3, -0.25) is 0 Å². The maximum atomic E-state index is 6.47. The van der Waals surface area contributed by atoms with Gasteiger partial charge in [0.1, 0.15) is 0 Å². The molecule has 0 aromatic heterocycles. The average molecular weight is 704 g/mol. The molecule has 2 aliphatic rings. The molecule has 2 fully saturated rings. The second-order valence-corrected chi connectivity index (χ2v) is 16.3. The summed E-state index contributed by atoms with van der Waals surface area (Å²) in [6.07, 6.45) is 57.1. The molecule has 0 radical (unpaired) electrons. The van der Waals surface area contributed by atoms with Crippen molar-refractivity contribution in [1.29, 1.82) is 0 Å². The van der Waals surface area contributed by atoms with E-state index in [4.69, 9.17) is 5.73 Å². The highest BCUT2D eigenvalue weighted by Gasteiger charge is 2.41. The minimum atomic E-state index is 0. The van der Waals surface area contributed by atoms with Crippen LogP contribution in [-0.4, -0.2) is 19.1 Å².